The highest BCUT2D eigenvalue weighted by Gasteiger charge is 2.14. The SMILES string of the molecule is COCCN(Cc1ccccn1)C(=O)CCCNC(C)C. The number of pyridine rings is 1. The van der Waals surface area contributed by atoms with Crippen LogP contribution in [0, 0.1) is 0 Å². The fourth-order valence-electron chi connectivity index (χ4n) is 1.97. The Kier molecular flexibility index (Phi) is 8.62. The van der Waals surface area contributed by atoms with Gasteiger partial charge >= 0.3 is 0 Å². The maximum absolute atomic E-state index is 12.3. The number of carbonyl (C=O) groups is 1. The lowest BCUT2D eigenvalue weighted by Gasteiger charge is -2.22. The summed E-state index contributed by atoms with van der Waals surface area (Å²) < 4.78 is 5.09. The van der Waals surface area contributed by atoms with Crippen LogP contribution >= 0.6 is 0 Å². The highest BCUT2D eigenvalue weighted by atomic mass is 16.5. The monoisotopic (exact) mass is 293 g/mol. The minimum Gasteiger partial charge on any atom is -0.383 e. The second-order valence-electron chi connectivity index (χ2n) is 5.34. The Morgan fingerprint density at radius 3 is 2.86 bits per heavy atom. The fraction of sp³-hybridized carbons (Fsp3) is 0.625. The molecule has 1 aromatic rings. The Hall–Kier alpha value is -1.46. The van der Waals surface area contributed by atoms with E-state index in [1.807, 2.05) is 23.1 Å². The third-order valence-electron chi connectivity index (χ3n) is 3.12. The molecule has 0 spiro atoms. The second-order valence-corrected chi connectivity index (χ2v) is 5.34. The predicted molar refractivity (Wildman–Crippen MR) is 83.9 cm³/mol. The highest BCUT2D eigenvalue weighted by Crippen LogP contribution is 2.05. The van der Waals surface area contributed by atoms with Gasteiger partial charge in [0.25, 0.3) is 0 Å². The first-order valence-electron chi connectivity index (χ1n) is 7.53. The molecule has 0 aromatic carbocycles. The van der Waals surface area contributed by atoms with Crippen LogP contribution in [0.2, 0.25) is 0 Å². The number of nitrogens with zero attached hydrogens (tertiary/aromatic N) is 2. The van der Waals surface area contributed by atoms with Crippen LogP contribution in [0.1, 0.15) is 32.4 Å². The molecule has 0 atom stereocenters. The maximum Gasteiger partial charge on any atom is 0.223 e. The largest absolute Gasteiger partial charge is 0.383 e. The van der Waals surface area contributed by atoms with Crippen molar-refractivity contribution in [2.45, 2.75) is 39.3 Å². The van der Waals surface area contributed by atoms with E-state index in [0.717, 1.165) is 18.7 Å². The molecule has 1 aromatic heterocycles. The fourth-order valence-corrected chi connectivity index (χ4v) is 1.97. The van der Waals surface area contributed by atoms with Crippen LogP contribution in [0.5, 0.6) is 0 Å². The number of ether oxygens (including phenoxy) is 1. The van der Waals surface area contributed by atoms with Gasteiger partial charge in [0.05, 0.1) is 18.8 Å². The summed E-state index contributed by atoms with van der Waals surface area (Å²) in [6.45, 7) is 6.76. The molecular weight excluding hydrogens is 266 g/mol. The first-order valence-corrected chi connectivity index (χ1v) is 7.53. The zero-order valence-electron chi connectivity index (χ0n) is 13.3. The number of carbonyl (C=O) groups excluding carboxylic acids is 1. The molecule has 0 unspecified atom stereocenters. The van der Waals surface area contributed by atoms with Gasteiger partial charge < -0.3 is 15.0 Å². The predicted octanol–water partition coefficient (Wildman–Crippen LogP) is 1.83. The topological polar surface area (TPSA) is 54.5 Å². The van der Waals surface area contributed by atoms with Crippen molar-refractivity contribution in [2.75, 3.05) is 26.8 Å². The average molecular weight is 293 g/mol. The molecule has 1 rings (SSSR count). The molecule has 5 nitrogen and oxygen atoms in total. The number of methoxy groups -OCH3 is 1. The third-order valence-corrected chi connectivity index (χ3v) is 3.12. The van der Waals surface area contributed by atoms with E-state index in [1.54, 1.807) is 13.3 Å². The van der Waals surface area contributed by atoms with E-state index in [4.69, 9.17) is 4.74 Å². The summed E-state index contributed by atoms with van der Waals surface area (Å²) in [5.74, 6) is 0.156. The van der Waals surface area contributed by atoms with Crippen molar-refractivity contribution in [1.29, 1.82) is 0 Å². The summed E-state index contributed by atoms with van der Waals surface area (Å²) in [7, 11) is 1.65. The van der Waals surface area contributed by atoms with Crippen LogP contribution in [-0.4, -0.2) is 48.6 Å². The van der Waals surface area contributed by atoms with Crippen LogP contribution in [0.15, 0.2) is 24.4 Å². The van der Waals surface area contributed by atoms with E-state index in [1.165, 1.54) is 0 Å². The first kappa shape index (κ1) is 17.6. The zero-order valence-corrected chi connectivity index (χ0v) is 13.3. The summed E-state index contributed by atoms with van der Waals surface area (Å²) in [6, 6.07) is 6.21. The quantitative estimate of drug-likeness (QED) is 0.669. The van der Waals surface area contributed by atoms with Gasteiger partial charge in [-0.05, 0) is 25.1 Å². The van der Waals surface area contributed by atoms with Crippen molar-refractivity contribution in [2.24, 2.45) is 0 Å². The summed E-state index contributed by atoms with van der Waals surface area (Å²) in [5.41, 5.74) is 0.905. The maximum atomic E-state index is 12.3. The second kappa shape index (κ2) is 10.3. The van der Waals surface area contributed by atoms with Crippen LogP contribution in [0.4, 0.5) is 0 Å². The van der Waals surface area contributed by atoms with E-state index in [0.29, 0.717) is 32.2 Å². The molecule has 1 amide bonds. The molecule has 0 saturated heterocycles. The van der Waals surface area contributed by atoms with Crippen LogP contribution in [0.25, 0.3) is 0 Å². The molecule has 0 bridgehead atoms. The van der Waals surface area contributed by atoms with Gasteiger partial charge in [-0.25, -0.2) is 0 Å². The van der Waals surface area contributed by atoms with Gasteiger partial charge in [0.2, 0.25) is 5.91 Å². The van der Waals surface area contributed by atoms with E-state index in [-0.39, 0.29) is 5.91 Å². The molecular formula is C16H27N3O2. The normalized spacial score (nSPS) is 10.9. The molecule has 21 heavy (non-hydrogen) atoms. The van der Waals surface area contributed by atoms with Gasteiger partial charge in [-0.3, -0.25) is 9.78 Å². The molecule has 5 heteroatoms. The highest BCUT2D eigenvalue weighted by molar-refractivity contribution is 5.76. The van der Waals surface area contributed by atoms with E-state index >= 15 is 0 Å². The van der Waals surface area contributed by atoms with E-state index < -0.39 is 0 Å². The number of aromatic nitrogens is 1. The van der Waals surface area contributed by atoms with Crippen LogP contribution in [-0.2, 0) is 16.1 Å². The molecule has 118 valence electrons. The Labute approximate surface area is 127 Å². The van der Waals surface area contributed by atoms with E-state index in [2.05, 4.69) is 24.1 Å². The number of hydrogen-bond acceptors (Lipinski definition) is 4. The summed E-state index contributed by atoms with van der Waals surface area (Å²) in [4.78, 5) is 18.4. The average Bonchev–Trinajstić information content (AvgIpc) is 2.48. The smallest absolute Gasteiger partial charge is 0.223 e. The lowest BCUT2D eigenvalue weighted by Crippen LogP contribution is -2.34. The van der Waals surface area contributed by atoms with Crippen LogP contribution < -0.4 is 5.32 Å². The Bertz CT molecular complexity index is 396. The Morgan fingerprint density at radius 2 is 2.24 bits per heavy atom. The molecule has 0 aliphatic carbocycles. The van der Waals surface area contributed by atoms with Crippen molar-refractivity contribution >= 4 is 5.91 Å². The summed E-state index contributed by atoms with van der Waals surface area (Å²) in [5, 5.41) is 3.32. The van der Waals surface area contributed by atoms with Crippen molar-refractivity contribution in [1.82, 2.24) is 15.2 Å². The van der Waals surface area contributed by atoms with Gasteiger partial charge in [-0.2, -0.15) is 0 Å². The first-order chi connectivity index (χ1) is 10.1. The van der Waals surface area contributed by atoms with E-state index in [9.17, 15) is 4.79 Å². The molecule has 0 radical (unpaired) electrons. The third kappa shape index (κ3) is 7.78. The van der Waals surface area contributed by atoms with Gasteiger partial charge in [0.15, 0.2) is 0 Å². The minimum absolute atomic E-state index is 0.156. The number of rotatable bonds is 10. The van der Waals surface area contributed by atoms with Crippen molar-refractivity contribution in [3.05, 3.63) is 30.1 Å². The zero-order chi connectivity index (χ0) is 15.5. The molecule has 0 saturated carbocycles. The molecule has 0 aliphatic rings. The lowest BCUT2D eigenvalue weighted by molar-refractivity contribution is -0.132. The molecule has 1 N–H and O–H groups in total. The summed E-state index contributed by atoms with van der Waals surface area (Å²) >= 11 is 0. The minimum atomic E-state index is 0.156. The van der Waals surface area contributed by atoms with Crippen molar-refractivity contribution in [3.8, 4) is 0 Å². The number of amides is 1. The molecule has 0 aliphatic heterocycles. The molecule has 1 heterocycles. The van der Waals surface area contributed by atoms with Crippen LogP contribution in [0.3, 0.4) is 0 Å². The lowest BCUT2D eigenvalue weighted by atomic mass is 10.2. The standard InChI is InChI=1S/C16H27N3O2/c1-14(2)17-10-6-8-16(20)19(11-12-21-3)13-15-7-4-5-9-18-15/h4-5,7,9,14,17H,6,8,10-13H2,1-3H3. The van der Waals surface area contributed by atoms with Crippen molar-refractivity contribution in [3.63, 3.8) is 0 Å². The Balaban J connectivity index is 2.45. The molecule has 0 fully saturated rings. The van der Waals surface area contributed by atoms with Crippen molar-refractivity contribution < 1.29 is 9.53 Å². The van der Waals surface area contributed by atoms with Gasteiger partial charge in [0, 0.05) is 32.3 Å². The Morgan fingerprint density at radius 1 is 1.43 bits per heavy atom. The van der Waals surface area contributed by atoms with Gasteiger partial charge in [0.1, 0.15) is 0 Å². The van der Waals surface area contributed by atoms with Gasteiger partial charge in [-0.15, -0.1) is 0 Å². The van der Waals surface area contributed by atoms with Gasteiger partial charge in [-0.1, -0.05) is 19.9 Å². The number of hydrogen-bond donors (Lipinski definition) is 1. The number of nitrogens with one attached hydrogen (secondary N) is 1. The summed E-state index contributed by atoms with van der Waals surface area (Å²) in [6.07, 6.45) is 3.15.